The average molecular weight is 503 g/mol. The predicted molar refractivity (Wildman–Crippen MR) is 126 cm³/mol. The van der Waals surface area contributed by atoms with Crippen molar-refractivity contribution in [3.8, 4) is 11.1 Å². The Hall–Kier alpha value is -2.64. The van der Waals surface area contributed by atoms with Gasteiger partial charge >= 0.3 is 0 Å². The summed E-state index contributed by atoms with van der Waals surface area (Å²) in [6.45, 7) is 0. The molecule has 0 spiro atoms. The summed E-state index contributed by atoms with van der Waals surface area (Å²) in [5.41, 5.74) is 0.575. The first-order valence-electron chi connectivity index (χ1n) is 9.41. The van der Waals surface area contributed by atoms with Crippen LogP contribution in [0, 0.1) is 0 Å². The van der Waals surface area contributed by atoms with E-state index < -0.39 is 19.7 Å². The van der Waals surface area contributed by atoms with Crippen molar-refractivity contribution in [1.29, 1.82) is 0 Å². The zero-order valence-corrected chi connectivity index (χ0v) is 19.6. The van der Waals surface area contributed by atoms with Crippen LogP contribution in [0.4, 0.5) is 0 Å². The fourth-order valence-electron chi connectivity index (χ4n) is 3.33. The Labute approximate surface area is 196 Å². The molecule has 0 aromatic heterocycles. The van der Waals surface area contributed by atoms with Crippen molar-refractivity contribution in [1.82, 2.24) is 0 Å². The first kappa shape index (κ1) is 22.6. The van der Waals surface area contributed by atoms with Crippen molar-refractivity contribution >= 4 is 42.9 Å². The van der Waals surface area contributed by atoms with E-state index in [-0.39, 0.29) is 30.7 Å². The lowest BCUT2D eigenvalue weighted by molar-refractivity contribution is 0.593. The topological polar surface area (TPSA) is 68.3 Å². The van der Waals surface area contributed by atoms with E-state index in [9.17, 15) is 16.8 Å². The monoisotopic (exact) mass is 502 g/mol. The highest BCUT2D eigenvalue weighted by atomic mass is 35.5. The molecule has 0 aliphatic rings. The second kappa shape index (κ2) is 8.71. The fourth-order valence-corrected chi connectivity index (χ4v) is 6.53. The van der Waals surface area contributed by atoms with Crippen LogP contribution in [0.2, 0.25) is 10.0 Å². The van der Waals surface area contributed by atoms with Crippen LogP contribution in [-0.2, 0) is 19.7 Å². The van der Waals surface area contributed by atoms with Crippen molar-refractivity contribution in [3.63, 3.8) is 0 Å². The zero-order valence-electron chi connectivity index (χ0n) is 16.4. The lowest BCUT2D eigenvalue weighted by Crippen LogP contribution is -2.07. The first-order valence-corrected chi connectivity index (χ1v) is 13.1. The molecule has 0 aliphatic heterocycles. The smallest absolute Gasteiger partial charge is 0.207 e. The van der Waals surface area contributed by atoms with Gasteiger partial charge in [-0.1, -0.05) is 59.6 Å². The van der Waals surface area contributed by atoms with Gasteiger partial charge < -0.3 is 0 Å². The normalized spacial score (nSPS) is 11.9. The van der Waals surface area contributed by atoms with Crippen molar-refractivity contribution in [2.24, 2.45) is 0 Å². The van der Waals surface area contributed by atoms with Crippen LogP contribution < -0.4 is 0 Å². The molecule has 4 nitrogen and oxygen atoms in total. The lowest BCUT2D eigenvalue weighted by Gasteiger charge is -2.15. The van der Waals surface area contributed by atoms with Crippen LogP contribution in [0.5, 0.6) is 0 Å². The number of sulfone groups is 2. The Balaban J connectivity index is 1.93. The number of benzene rings is 4. The molecule has 0 radical (unpaired) electrons. The number of hydrogen-bond acceptors (Lipinski definition) is 4. The van der Waals surface area contributed by atoms with Crippen LogP contribution in [0.1, 0.15) is 0 Å². The molecule has 0 saturated carbocycles. The molecule has 8 heteroatoms. The molecule has 4 aromatic carbocycles. The standard InChI is InChI=1S/C24H16Cl2O4S2/c25-17-9-13-19(14-10-17)31(27,28)23-7-3-1-5-21(23)22-6-2-4-8-24(22)32(29,30)20-15-11-18(26)12-16-20/h1-16H. The summed E-state index contributed by atoms with van der Waals surface area (Å²) in [5, 5.41) is 0.827. The van der Waals surface area contributed by atoms with E-state index in [1.54, 1.807) is 36.4 Å². The summed E-state index contributed by atoms with van der Waals surface area (Å²) in [7, 11) is -7.88. The van der Waals surface area contributed by atoms with Crippen molar-refractivity contribution in [2.45, 2.75) is 19.6 Å². The third kappa shape index (κ3) is 4.19. The first-order chi connectivity index (χ1) is 15.2. The summed E-state index contributed by atoms with van der Waals surface area (Å²) >= 11 is 11.8. The van der Waals surface area contributed by atoms with Crippen molar-refractivity contribution in [2.75, 3.05) is 0 Å². The lowest BCUT2D eigenvalue weighted by atomic mass is 10.1. The second-order valence-corrected chi connectivity index (χ2v) is 11.6. The van der Waals surface area contributed by atoms with Crippen LogP contribution in [0.3, 0.4) is 0 Å². The molecule has 4 rings (SSSR count). The van der Waals surface area contributed by atoms with E-state index >= 15 is 0 Å². The Morgan fingerprint density at radius 2 is 0.750 bits per heavy atom. The number of halogens is 2. The molecular formula is C24H16Cl2O4S2. The molecule has 0 bridgehead atoms. The molecule has 4 aromatic rings. The molecule has 0 heterocycles. The van der Waals surface area contributed by atoms with Gasteiger partial charge in [0.25, 0.3) is 0 Å². The SMILES string of the molecule is O=S(=O)(c1ccc(Cl)cc1)c1ccccc1-c1ccccc1S(=O)(=O)c1ccc(Cl)cc1. The minimum atomic E-state index is -3.94. The summed E-state index contributed by atoms with van der Waals surface area (Å²) in [6, 6.07) is 24.3. The Bertz CT molecular complexity index is 1380. The summed E-state index contributed by atoms with van der Waals surface area (Å²) in [6.07, 6.45) is 0. The van der Waals surface area contributed by atoms with E-state index in [1.165, 1.54) is 60.7 Å². The van der Waals surface area contributed by atoms with Gasteiger partial charge in [0.15, 0.2) is 0 Å². The molecule has 0 unspecified atom stereocenters. The van der Waals surface area contributed by atoms with Gasteiger partial charge in [-0.3, -0.25) is 0 Å². The third-order valence-electron chi connectivity index (χ3n) is 4.89. The summed E-state index contributed by atoms with van der Waals surface area (Å²) in [4.78, 5) is 0.127. The Morgan fingerprint density at radius 3 is 1.09 bits per heavy atom. The third-order valence-corrected chi connectivity index (χ3v) is 9.05. The van der Waals surface area contributed by atoms with Gasteiger partial charge in [-0.05, 0) is 60.7 Å². The average Bonchev–Trinajstić information content (AvgIpc) is 2.80. The predicted octanol–water partition coefficient (Wildman–Crippen LogP) is 6.33. The van der Waals surface area contributed by atoms with Gasteiger partial charge in [-0.15, -0.1) is 0 Å². The highest BCUT2D eigenvalue weighted by molar-refractivity contribution is 7.92. The van der Waals surface area contributed by atoms with E-state index in [2.05, 4.69) is 0 Å². The summed E-state index contributed by atoms with van der Waals surface area (Å²) < 4.78 is 53.6. The highest BCUT2D eigenvalue weighted by Gasteiger charge is 2.27. The van der Waals surface area contributed by atoms with Crippen LogP contribution in [0.25, 0.3) is 11.1 Å². The van der Waals surface area contributed by atoms with Crippen molar-refractivity contribution in [3.05, 3.63) is 107 Å². The molecule has 162 valence electrons. The van der Waals surface area contributed by atoms with E-state index in [0.717, 1.165) is 0 Å². The van der Waals surface area contributed by atoms with Gasteiger partial charge in [-0.2, -0.15) is 0 Å². The summed E-state index contributed by atoms with van der Waals surface area (Å²) in [5.74, 6) is 0. The van der Waals surface area contributed by atoms with Crippen LogP contribution >= 0.6 is 23.2 Å². The molecule has 0 aliphatic carbocycles. The van der Waals surface area contributed by atoms with Gasteiger partial charge in [0, 0.05) is 21.2 Å². The highest BCUT2D eigenvalue weighted by Crippen LogP contribution is 2.37. The minimum absolute atomic E-state index is 0.000999. The molecule has 32 heavy (non-hydrogen) atoms. The Morgan fingerprint density at radius 1 is 0.438 bits per heavy atom. The van der Waals surface area contributed by atoms with Gasteiger partial charge in [0.1, 0.15) is 0 Å². The Kier molecular flexibility index (Phi) is 6.14. The van der Waals surface area contributed by atoms with Crippen LogP contribution in [-0.4, -0.2) is 16.8 Å². The quantitative estimate of drug-likeness (QED) is 0.319. The number of rotatable bonds is 5. The van der Waals surface area contributed by atoms with Gasteiger partial charge in [-0.25, -0.2) is 16.8 Å². The van der Waals surface area contributed by atoms with Crippen molar-refractivity contribution < 1.29 is 16.8 Å². The molecule has 0 atom stereocenters. The molecule has 0 saturated heterocycles. The second-order valence-electron chi connectivity index (χ2n) is 6.91. The largest absolute Gasteiger partial charge is 0.218 e. The fraction of sp³-hybridized carbons (Fsp3) is 0. The maximum atomic E-state index is 13.4. The molecule has 0 N–H and O–H groups in total. The van der Waals surface area contributed by atoms with E-state index in [4.69, 9.17) is 23.2 Å². The molecular weight excluding hydrogens is 487 g/mol. The van der Waals surface area contributed by atoms with Gasteiger partial charge in [0.2, 0.25) is 19.7 Å². The minimum Gasteiger partial charge on any atom is -0.218 e. The van der Waals surface area contributed by atoms with E-state index in [0.29, 0.717) is 10.0 Å². The molecule has 0 fully saturated rings. The molecule has 0 amide bonds. The number of hydrogen-bond donors (Lipinski definition) is 0. The van der Waals surface area contributed by atoms with Gasteiger partial charge in [0.05, 0.1) is 19.6 Å². The van der Waals surface area contributed by atoms with Crippen LogP contribution in [0.15, 0.2) is 117 Å². The maximum Gasteiger partial charge on any atom is 0.207 e. The maximum absolute atomic E-state index is 13.4. The van der Waals surface area contributed by atoms with E-state index in [1.807, 2.05) is 0 Å². The zero-order chi connectivity index (χ0) is 22.9.